The zero-order chi connectivity index (χ0) is 18.2. The second-order valence-electron chi connectivity index (χ2n) is 7.31. The van der Waals surface area contributed by atoms with Gasteiger partial charge in [0.2, 0.25) is 0 Å². The maximum Gasteiger partial charge on any atom is 0.330 e. The van der Waals surface area contributed by atoms with E-state index in [0.717, 1.165) is 19.3 Å². The number of ether oxygens (including phenoxy) is 1. The van der Waals surface area contributed by atoms with E-state index >= 15 is 0 Å². The molecule has 0 aromatic carbocycles. The van der Waals surface area contributed by atoms with Gasteiger partial charge in [-0.15, -0.1) is 0 Å². The van der Waals surface area contributed by atoms with Crippen LogP contribution >= 0.6 is 0 Å². The van der Waals surface area contributed by atoms with Gasteiger partial charge in [-0.1, -0.05) is 85.0 Å². The lowest BCUT2D eigenvalue weighted by molar-refractivity contribution is -0.160. The van der Waals surface area contributed by atoms with E-state index in [1.54, 1.807) is 0 Å². The number of rotatable bonds is 15. The van der Waals surface area contributed by atoms with Crippen LogP contribution < -0.4 is 5.73 Å². The smallest absolute Gasteiger partial charge is 0.330 e. The Hall–Kier alpha value is -0.900. The number of esters is 2. The Balaban J connectivity index is 3.44. The van der Waals surface area contributed by atoms with Gasteiger partial charge in [-0.2, -0.15) is 0 Å². The minimum atomic E-state index is -0.689. The zero-order valence-corrected chi connectivity index (χ0v) is 16.1. The molecule has 0 rings (SSSR count). The lowest BCUT2D eigenvalue weighted by Crippen LogP contribution is -2.34. The highest BCUT2D eigenvalue weighted by Crippen LogP contribution is 2.12. The molecule has 142 valence electrons. The summed E-state index contributed by atoms with van der Waals surface area (Å²) >= 11 is 0. The van der Waals surface area contributed by atoms with Crippen LogP contribution in [-0.4, -0.2) is 18.0 Å². The summed E-state index contributed by atoms with van der Waals surface area (Å²) in [5, 5.41) is 0. The summed E-state index contributed by atoms with van der Waals surface area (Å²) in [4.78, 5) is 23.2. The molecule has 0 spiro atoms. The van der Waals surface area contributed by atoms with Gasteiger partial charge in [0.15, 0.2) is 0 Å². The third-order valence-corrected chi connectivity index (χ3v) is 4.23. The van der Waals surface area contributed by atoms with E-state index in [1.807, 2.05) is 13.8 Å². The fraction of sp³-hybridized carbons (Fsp3) is 0.900. The van der Waals surface area contributed by atoms with Gasteiger partial charge in [0.25, 0.3) is 0 Å². The second kappa shape index (κ2) is 15.6. The van der Waals surface area contributed by atoms with Crippen molar-refractivity contribution in [2.45, 2.75) is 110 Å². The van der Waals surface area contributed by atoms with Crippen molar-refractivity contribution in [1.29, 1.82) is 0 Å². The van der Waals surface area contributed by atoms with Crippen LogP contribution in [0, 0.1) is 5.92 Å². The van der Waals surface area contributed by atoms with Gasteiger partial charge >= 0.3 is 11.9 Å². The van der Waals surface area contributed by atoms with Crippen LogP contribution in [0.3, 0.4) is 0 Å². The van der Waals surface area contributed by atoms with Gasteiger partial charge in [-0.05, 0) is 18.8 Å². The van der Waals surface area contributed by atoms with Gasteiger partial charge in [0.05, 0.1) is 0 Å². The highest BCUT2D eigenvalue weighted by Gasteiger charge is 2.19. The summed E-state index contributed by atoms with van der Waals surface area (Å²) < 4.78 is 4.80. The molecule has 0 aromatic rings. The van der Waals surface area contributed by atoms with Gasteiger partial charge < -0.3 is 10.5 Å². The first kappa shape index (κ1) is 23.1. The van der Waals surface area contributed by atoms with E-state index in [-0.39, 0.29) is 0 Å². The fourth-order valence-electron chi connectivity index (χ4n) is 2.78. The van der Waals surface area contributed by atoms with Crippen LogP contribution in [0.15, 0.2) is 0 Å². The van der Waals surface area contributed by atoms with E-state index in [0.29, 0.717) is 18.8 Å². The van der Waals surface area contributed by atoms with E-state index < -0.39 is 18.0 Å². The van der Waals surface area contributed by atoms with Crippen molar-refractivity contribution >= 4 is 11.9 Å². The highest BCUT2D eigenvalue weighted by atomic mass is 16.6. The number of carbonyl (C=O) groups is 2. The maximum atomic E-state index is 11.6. The molecule has 0 fully saturated rings. The first-order valence-electron chi connectivity index (χ1n) is 9.97. The van der Waals surface area contributed by atoms with E-state index in [2.05, 4.69) is 6.92 Å². The van der Waals surface area contributed by atoms with Crippen LogP contribution in [0.4, 0.5) is 0 Å². The normalized spacial score (nSPS) is 12.4. The molecule has 0 unspecified atom stereocenters. The van der Waals surface area contributed by atoms with Crippen molar-refractivity contribution in [3.63, 3.8) is 0 Å². The molecule has 0 saturated heterocycles. The molecule has 0 aromatic heterocycles. The Kier molecular flexibility index (Phi) is 15.0. The number of nitrogens with two attached hydrogens (primary N) is 1. The third kappa shape index (κ3) is 14.7. The fourth-order valence-corrected chi connectivity index (χ4v) is 2.78. The predicted octanol–water partition coefficient (Wildman–Crippen LogP) is 5.13. The Bertz CT molecular complexity index is 329. The van der Waals surface area contributed by atoms with Crippen molar-refractivity contribution in [3.05, 3.63) is 0 Å². The number of carbonyl (C=O) groups excluding carboxylic acids is 2. The van der Waals surface area contributed by atoms with Crippen molar-refractivity contribution in [2.24, 2.45) is 11.7 Å². The number of hydrogen-bond acceptors (Lipinski definition) is 4. The second-order valence-corrected chi connectivity index (χ2v) is 7.31. The molecule has 0 aliphatic rings. The molecule has 0 bridgehead atoms. The van der Waals surface area contributed by atoms with Crippen LogP contribution in [-0.2, 0) is 14.3 Å². The summed E-state index contributed by atoms with van der Waals surface area (Å²) in [7, 11) is 0. The van der Waals surface area contributed by atoms with E-state index in [9.17, 15) is 9.59 Å². The molecular formula is C20H39NO3. The Labute approximate surface area is 148 Å². The number of unbranched alkanes of at least 4 members (excludes halogenated alkanes) is 10. The van der Waals surface area contributed by atoms with Crippen LogP contribution in [0.2, 0.25) is 0 Å². The van der Waals surface area contributed by atoms with Crippen LogP contribution in [0.1, 0.15) is 104 Å². The predicted molar refractivity (Wildman–Crippen MR) is 99.6 cm³/mol. The van der Waals surface area contributed by atoms with Crippen molar-refractivity contribution in [3.8, 4) is 0 Å². The largest absolute Gasteiger partial charge is 0.392 e. The quantitative estimate of drug-likeness (QED) is 0.255. The molecule has 24 heavy (non-hydrogen) atoms. The first-order valence-corrected chi connectivity index (χ1v) is 9.97. The Morgan fingerprint density at radius 3 is 1.75 bits per heavy atom. The zero-order valence-electron chi connectivity index (χ0n) is 16.1. The van der Waals surface area contributed by atoms with Gasteiger partial charge in [-0.25, -0.2) is 4.79 Å². The van der Waals surface area contributed by atoms with Gasteiger partial charge in [0, 0.05) is 6.42 Å². The molecule has 4 nitrogen and oxygen atoms in total. The molecule has 0 heterocycles. The van der Waals surface area contributed by atoms with Crippen LogP contribution in [0.25, 0.3) is 0 Å². The Morgan fingerprint density at radius 1 is 0.833 bits per heavy atom. The molecule has 0 saturated carbocycles. The average Bonchev–Trinajstić information content (AvgIpc) is 2.51. The topological polar surface area (TPSA) is 69.4 Å². The first-order chi connectivity index (χ1) is 11.5. The molecular weight excluding hydrogens is 302 g/mol. The third-order valence-electron chi connectivity index (χ3n) is 4.23. The van der Waals surface area contributed by atoms with E-state index in [1.165, 1.54) is 51.4 Å². The Morgan fingerprint density at radius 2 is 1.29 bits per heavy atom. The van der Waals surface area contributed by atoms with E-state index in [4.69, 9.17) is 10.5 Å². The molecule has 0 aliphatic carbocycles. The van der Waals surface area contributed by atoms with Crippen LogP contribution in [0.5, 0.6) is 0 Å². The lowest BCUT2D eigenvalue weighted by Gasteiger charge is -2.12. The average molecular weight is 342 g/mol. The van der Waals surface area contributed by atoms with Gasteiger partial charge in [-0.3, -0.25) is 4.79 Å². The van der Waals surface area contributed by atoms with Crippen molar-refractivity contribution < 1.29 is 14.3 Å². The minimum absolute atomic E-state index is 0.314. The highest BCUT2D eigenvalue weighted by molar-refractivity contribution is 5.88. The monoisotopic (exact) mass is 341 g/mol. The van der Waals surface area contributed by atoms with Crippen molar-refractivity contribution in [2.75, 3.05) is 0 Å². The molecule has 2 N–H and O–H groups in total. The van der Waals surface area contributed by atoms with Crippen molar-refractivity contribution in [1.82, 2.24) is 0 Å². The summed E-state index contributed by atoms with van der Waals surface area (Å²) in [6.07, 6.45) is 14.5. The van der Waals surface area contributed by atoms with Gasteiger partial charge in [0.1, 0.15) is 6.04 Å². The summed E-state index contributed by atoms with van der Waals surface area (Å²) in [6, 6.07) is -0.689. The summed E-state index contributed by atoms with van der Waals surface area (Å²) in [6.45, 7) is 6.21. The number of hydrogen-bond donors (Lipinski definition) is 1. The summed E-state index contributed by atoms with van der Waals surface area (Å²) in [5.74, 6) is -0.707. The molecule has 0 aliphatic heterocycles. The minimum Gasteiger partial charge on any atom is -0.392 e. The molecule has 0 radical (unpaired) electrons. The summed E-state index contributed by atoms with van der Waals surface area (Å²) in [5.41, 5.74) is 5.70. The maximum absolute atomic E-state index is 11.6. The lowest BCUT2D eigenvalue weighted by atomic mass is 10.0. The standard InChI is InChI=1S/C20H39NO3/c1-4-5-6-7-8-9-10-11-12-13-14-15-19(22)24-20(23)18(21)16-17(2)3/h17-18H,4-16,21H2,1-3H3/t18-/m0/s1. The molecule has 0 amide bonds. The SMILES string of the molecule is CCCCCCCCCCCCCC(=O)OC(=O)[C@@H](N)CC(C)C. The molecule has 4 heteroatoms. The molecule has 1 atom stereocenters.